The van der Waals surface area contributed by atoms with Crippen molar-refractivity contribution in [1.29, 1.82) is 0 Å². The largest absolute Gasteiger partial charge is 0.378 e. The van der Waals surface area contributed by atoms with Gasteiger partial charge in [0.05, 0.1) is 6.10 Å². The van der Waals surface area contributed by atoms with Gasteiger partial charge in [-0.3, -0.25) is 0 Å². The minimum Gasteiger partial charge on any atom is -0.378 e. The van der Waals surface area contributed by atoms with Gasteiger partial charge in [0, 0.05) is 22.0 Å². The maximum absolute atomic E-state index is 5.86. The second kappa shape index (κ2) is 9.19. The van der Waals surface area contributed by atoms with Crippen molar-refractivity contribution in [2.45, 2.75) is 64.0 Å². The Morgan fingerprint density at radius 1 is 1.50 bits per heavy atom. The Labute approximate surface area is 135 Å². The molecule has 2 unspecified atom stereocenters. The number of halogens is 1. The van der Waals surface area contributed by atoms with Crippen LogP contribution in [0.4, 0.5) is 0 Å². The van der Waals surface area contributed by atoms with Crippen LogP contribution in [-0.4, -0.2) is 25.3 Å². The van der Waals surface area contributed by atoms with E-state index in [-0.39, 0.29) is 0 Å². The first kappa shape index (κ1) is 16.5. The summed E-state index contributed by atoms with van der Waals surface area (Å²) >= 11 is 5.50. The van der Waals surface area contributed by atoms with Crippen molar-refractivity contribution in [2.24, 2.45) is 0 Å². The highest BCUT2D eigenvalue weighted by molar-refractivity contribution is 9.10. The quantitative estimate of drug-likeness (QED) is 0.721. The number of rotatable bonds is 8. The number of ether oxygens (including phenoxy) is 1. The molecule has 1 aromatic rings. The van der Waals surface area contributed by atoms with Crippen molar-refractivity contribution in [3.05, 3.63) is 20.8 Å². The van der Waals surface area contributed by atoms with E-state index in [0.29, 0.717) is 12.1 Å². The minimum atomic E-state index is 0.501. The van der Waals surface area contributed by atoms with E-state index in [2.05, 4.69) is 39.6 Å². The van der Waals surface area contributed by atoms with E-state index in [0.717, 1.165) is 19.6 Å². The molecule has 4 heteroatoms. The molecule has 1 aromatic heterocycles. The van der Waals surface area contributed by atoms with Gasteiger partial charge >= 0.3 is 0 Å². The number of hydrogen-bond donors (Lipinski definition) is 1. The summed E-state index contributed by atoms with van der Waals surface area (Å²) in [5.74, 6) is 0. The van der Waals surface area contributed by atoms with Crippen molar-refractivity contribution in [3.8, 4) is 0 Å². The van der Waals surface area contributed by atoms with E-state index in [1.165, 1.54) is 47.9 Å². The smallest absolute Gasteiger partial charge is 0.0575 e. The van der Waals surface area contributed by atoms with Gasteiger partial charge in [-0.05, 0) is 78.9 Å². The third-order valence-electron chi connectivity index (χ3n) is 3.92. The Bertz CT molecular complexity index is 376. The van der Waals surface area contributed by atoms with E-state index < -0.39 is 0 Å². The SMILES string of the molecule is CCCNC(CCC1CCCCO1)Cc1sccc1Br. The van der Waals surface area contributed by atoms with Crippen molar-refractivity contribution in [2.75, 3.05) is 13.2 Å². The highest BCUT2D eigenvalue weighted by Gasteiger charge is 2.17. The van der Waals surface area contributed by atoms with Crippen molar-refractivity contribution >= 4 is 27.3 Å². The average molecular weight is 360 g/mol. The molecule has 114 valence electrons. The fourth-order valence-electron chi connectivity index (χ4n) is 2.74. The summed E-state index contributed by atoms with van der Waals surface area (Å²) in [4.78, 5) is 1.46. The number of nitrogens with one attached hydrogen (secondary N) is 1. The van der Waals surface area contributed by atoms with Gasteiger partial charge in [0.2, 0.25) is 0 Å². The second-order valence-corrected chi connectivity index (χ2v) is 7.47. The van der Waals surface area contributed by atoms with Crippen LogP contribution in [0.15, 0.2) is 15.9 Å². The molecule has 2 nitrogen and oxygen atoms in total. The lowest BCUT2D eigenvalue weighted by molar-refractivity contribution is 0.00859. The van der Waals surface area contributed by atoms with Crippen LogP contribution in [0.1, 0.15) is 50.3 Å². The molecule has 1 N–H and O–H groups in total. The van der Waals surface area contributed by atoms with Gasteiger partial charge in [0.25, 0.3) is 0 Å². The third-order valence-corrected chi connectivity index (χ3v) is 5.87. The van der Waals surface area contributed by atoms with Gasteiger partial charge in [0.15, 0.2) is 0 Å². The standard InChI is InChI=1S/C16H26BrNOS/c1-2-9-18-13(12-16-15(17)8-11-20-16)6-7-14-5-3-4-10-19-14/h8,11,13-14,18H,2-7,9-10,12H2,1H3. The maximum atomic E-state index is 5.86. The van der Waals surface area contributed by atoms with Crippen LogP contribution in [0.5, 0.6) is 0 Å². The Balaban J connectivity index is 1.81. The molecule has 0 amide bonds. The molecule has 1 fully saturated rings. The van der Waals surface area contributed by atoms with Gasteiger partial charge < -0.3 is 10.1 Å². The molecule has 0 radical (unpaired) electrons. The Morgan fingerprint density at radius 3 is 3.05 bits per heavy atom. The number of hydrogen-bond acceptors (Lipinski definition) is 3. The molecular weight excluding hydrogens is 334 g/mol. The monoisotopic (exact) mass is 359 g/mol. The molecule has 0 saturated carbocycles. The van der Waals surface area contributed by atoms with Crippen LogP contribution in [0.2, 0.25) is 0 Å². The second-order valence-electron chi connectivity index (χ2n) is 5.61. The van der Waals surface area contributed by atoms with Gasteiger partial charge in [-0.25, -0.2) is 0 Å². The van der Waals surface area contributed by atoms with Crippen LogP contribution in [-0.2, 0) is 11.2 Å². The molecule has 2 atom stereocenters. The molecule has 1 saturated heterocycles. The highest BCUT2D eigenvalue weighted by atomic mass is 79.9. The third kappa shape index (κ3) is 5.47. The first-order valence-corrected chi connectivity index (χ1v) is 9.53. The summed E-state index contributed by atoms with van der Waals surface area (Å²) in [5.41, 5.74) is 0. The van der Waals surface area contributed by atoms with E-state index in [4.69, 9.17) is 4.74 Å². The van der Waals surface area contributed by atoms with Crippen LogP contribution in [0, 0.1) is 0 Å². The fraction of sp³-hybridized carbons (Fsp3) is 0.750. The lowest BCUT2D eigenvalue weighted by Gasteiger charge is -2.25. The van der Waals surface area contributed by atoms with E-state index in [9.17, 15) is 0 Å². The van der Waals surface area contributed by atoms with Crippen LogP contribution >= 0.6 is 27.3 Å². The molecule has 2 rings (SSSR count). The van der Waals surface area contributed by atoms with Crippen molar-refractivity contribution < 1.29 is 4.74 Å². The van der Waals surface area contributed by atoms with Gasteiger partial charge in [-0.15, -0.1) is 11.3 Å². The first-order valence-electron chi connectivity index (χ1n) is 7.86. The lowest BCUT2D eigenvalue weighted by atomic mass is 9.99. The summed E-state index contributed by atoms with van der Waals surface area (Å²) < 4.78 is 7.12. The molecule has 20 heavy (non-hydrogen) atoms. The summed E-state index contributed by atoms with van der Waals surface area (Å²) in [5, 5.41) is 5.87. The summed E-state index contributed by atoms with van der Waals surface area (Å²) in [6.45, 7) is 4.31. The maximum Gasteiger partial charge on any atom is 0.0575 e. The zero-order valence-corrected chi connectivity index (χ0v) is 14.8. The molecule has 1 aliphatic rings. The van der Waals surface area contributed by atoms with Crippen molar-refractivity contribution in [3.63, 3.8) is 0 Å². The predicted molar refractivity (Wildman–Crippen MR) is 90.6 cm³/mol. The molecule has 2 heterocycles. The molecular formula is C16H26BrNOS. The fourth-order valence-corrected chi connectivity index (χ4v) is 4.34. The Kier molecular flexibility index (Phi) is 7.56. The Morgan fingerprint density at radius 2 is 2.40 bits per heavy atom. The first-order chi connectivity index (χ1) is 9.79. The van der Waals surface area contributed by atoms with Crippen LogP contribution < -0.4 is 5.32 Å². The average Bonchev–Trinajstić information content (AvgIpc) is 2.88. The summed E-state index contributed by atoms with van der Waals surface area (Å²) in [7, 11) is 0. The van der Waals surface area contributed by atoms with Gasteiger partial charge in [0.1, 0.15) is 0 Å². The molecule has 0 aromatic carbocycles. The van der Waals surface area contributed by atoms with Gasteiger partial charge in [-0.1, -0.05) is 6.92 Å². The van der Waals surface area contributed by atoms with Crippen LogP contribution in [0.25, 0.3) is 0 Å². The summed E-state index contributed by atoms with van der Waals surface area (Å²) in [6, 6.07) is 2.73. The normalized spacial score (nSPS) is 21.0. The number of thiophene rings is 1. The van der Waals surface area contributed by atoms with Crippen molar-refractivity contribution in [1.82, 2.24) is 5.32 Å². The molecule has 0 bridgehead atoms. The Hall–Kier alpha value is 0.100. The van der Waals surface area contributed by atoms with E-state index in [1.54, 1.807) is 0 Å². The van der Waals surface area contributed by atoms with Crippen LogP contribution in [0.3, 0.4) is 0 Å². The predicted octanol–water partition coefficient (Wildman–Crippen LogP) is 4.77. The molecule has 0 spiro atoms. The molecule has 0 aliphatic carbocycles. The van der Waals surface area contributed by atoms with Gasteiger partial charge in [-0.2, -0.15) is 0 Å². The topological polar surface area (TPSA) is 21.3 Å². The molecule has 1 aliphatic heterocycles. The van der Waals surface area contributed by atoms with E-state index >= 15 is 0 Å². The zero-order valence-electron chi connectivity index (χ0n) is 12.4. The van der Waals surface area contributed by atoms with E-state index in [1.807, 2.05) is 11.3 Å². The summed E-state index contributed by atoms with van der Waals surface area (Å²) in [6.07, 6.45) is 9.08. The zero-order chi connectivity index (χ0) is 14.2. The lowest BCUT2D eigenvalue weighted by Crippen LogP contribution is -2.33. The highest BCUT2D eigenvalue weighted by Crippen LogP contribution is 2.25. The minimum absolute atomic E-state index is 0.501.